The summed E-state index contributed by atoms with van der Waals surface area (Å²) in [6.45, 7) is 1.99. The molecular weight excluding hydrogens is 242 g/mol. The fraction of sp³-hybridized carbons (Fsp3) is 0.500. The molecule has 4 nitrogen and oxygen atoms in total. The van der Waals surface area contributed by atoms with Crippen molar-refractivity contribution in [3.8, 4) is 11.5 Å². The number of ether oxygens (including phenoxy) is 1. The highest BCUT2D eigenvalue weighted by molar-refractivity contribution is 5.85. The lowest BCUT2D eigenvalue weighted by Gasteiger charge is -2.19. The van der Waals surface area contributed by atoms with Crippen LogP contribution in [0.25, 0.3) is 0 Å². The minimum Gasteiger partial charge on any atom is -0.504 e. The topological polar surface area (TPSA) is 75.7 Å². The zero-order chi connectivity index (χ0) is 12.1. The molecule has 17 heavy (non-hydrogen) atoms. The predicted molar refractivity (Wildman–Crippen MR) is 69.8 cm³/mol. The number of phenols is 1. The number of aromatic hydroxyl groups is 1. The lowest BCUT2D eigenvalue weighted by Crippen LogP contribution is -2.25. The number of halogens is 1. The fourth-order valence-corrected chi connectivity index (χ4v) is 1.61. The van der Waals surface area contributed by atoms with E-state index in [4.69, 9.17) is 10.5 Å². The van der Waals surface area contributed by atoms with Gasteiger partial charge in [0.25, 0.3) is 0 Å². The van der Waals surface area contributed by atoms with Gasteiger partial charge in [-0.15, -0.1) is 12.4 Å². The third-order valence-electron chi connectivity index (χ3n) is 2.59. The molecule has 0 heterocycles. The van der Waals surface area contributed by atoms with Crippen molar-refractivity contribution in [1.82, 2.24) is 0 Å². The third kappa shape index (κ3) is 4.07. The summed E-state index contributed by atoms with van der Waals surface area (Å²) in [5, 5.41) is 19.3. The van der Waals surface area contributed by atoms with Crippen molar-refractivity contribution in [1.29, 1.82) is 0 Å². The van der Waals surface area contributed by atoms with Gasteiger partial charge in [-0.05, 0) is 24.1 Å². The number of aliphatic hydroxyl groups is 1. The SMILES string of the molecule is CCC[C@H](O)[C@H](N)c1ccc(OC)c(O)c1.Cl. The van der Waals surface area contributed by atoms with E-state index in [9.17, 15) is 10.2 Å². The average Bonchev–Trinajstić information content (AvgIpc) is 2.28. The predicted octanol–water partition coefficient (Wildman–Crippen LogP) is 1.98. The van der Waals surface area contributed by atoms with Crippen LogP contribution in [-0.4, -0.2) is 23.4 Å². The van der Waals surface area contributed by atoms with Gasteiger partial charge in [0, 0.05) is 0 Å². The van der Waals surface area contributed by atoms with Crippen LogP contribution in [0.5, 0.6) is 11.5 Å². The Morgan fingerprint density at radius 3 is 2.53 bits per heavy atom. The number of hydrogen-bond donors (Lipinski definition) is 3. The van der Waals surface area contributed by atoms with Crippen LogP contribution < -0.4 is 10.5 Å². The fourth-order valence-electron chi connectivity index (χ4n) is 1.61. The van der Waals surface area contributed by atoms with Crippen molar-refractivity contribution >= 4 is 12.4 Å². The van der Waals surface area contributed by atoms with Crippen molar-refractivity contribution in [3.05, 3.63) is 23.8 Å². The lowest BCUT2D eigenvalue weighted by molar-refractivity contribution is 0.134. The zero-order valence-electron chi connectivity index (χ0n) is 10.1. The highest BCUT2D eigenvalue weighted by Gasteiger charge is 2.17. The summed E-state index contributed by atoms with van der Waals surface area (Å²) in [4.78, 5) is 0. The van der Waals surface area contributed by atoms with Gasteiger partial charge < -0.3 is 20.7 Å². The van der Waals surface area contributed by atoms with Gasteiger partial charge in [0.05, 0.1) is 19.3 Å². The van der Waals surface area contributed by atoms with E-state index in [1.54, 1.807) is 12.1 Å². The second kappa shape index (κ2) is 7.37. The van der Waals surface area contributed by atoms with Crippen LogP contribution in [-0.2, 0) is 0 Å². The van der Waals surface area contributed by atoms with Crippen LogP contribution in [0.3, 0.4) is 0 Å². The Morgan fingerprint density at radius 2 is 2.06 bits per heavy atom. The molecule has 1 aromatic rings. The van der Waals surface area contributed by atoms with Crippen LogP contribution in [0, 0.1) is 0 Å². The van der Waals surface area contributed by atoms with E-state index in [1.165, 1.54) is 13.2 Å². The summed E-state index contributed by atoms with van der Waals surface area (Å²) in [5.41, 5.74) is 6.59. The van der Waals surface area contributed by atoms with Gasteiger partial charge in [0.1, 0.15) is 0 Å². The Morgan fingerprint density at radius 1 is 1.41 bits per heavy atom. The maximum atomic E-state index is 9.75. The first kappa shape index (κ1) is 16.0. The first-order chi connectivity index (χ1) is 7.60. The van der Waals surface area contributed by atoms with Gasteiger partial charge in [-0.2, -0.15) is 0 Å². The number of aliphatic hydroxyl groups excluding tert-OH is 1. The monoisotopic (exact) mass is 261 g/mol. The van der Waals surface area contributed by atoms with Gasteiger partial charge in [0.2, 0.25) is 0 Å². The maximum Gasteiger partial charge on any atom is 0.160 e. The molecule has 5 heteroatoms. The van der Waals surface area contributed by atoms with Crippen molar-refractivity contribution in [3.63, 3.8) is 0 Å². The van der Waals surface area contributed by atoms with Gasteiger partial charge in [0.15, 0.2) is 11.5 Å². The normalized spacial score (nSPS) is 13.6. The van der Waals surface area contributed by atoms with Crippen molar-refractivity contribution < 1.29 is 14.9 Å². The van der Waals surface area contributed by atoms with E-state index in [2.05, 4.69) is 0 Å². The summed E-state index contributed by atoms with van der Waals surface area (Å²) in [5.74, 6) is 0.445. The van der Waals surface area contributed by atoms with Crippen LogP contribution in [0.1, 0.15) is 31.4 Å². The summed E-state index contributed by atoms with van der Waals surface area (Å²) >= 11 is 0. The molecule has 1 rings (SSSR count). The minimum atomic E-state index is -0.585. The molecule has 0 aromatic heterocycles. The van der Waals surface area contributed by atoms with E-state index in [0.717, 1.165) is 6.42 Å². The zero-order valence-corrected chi connectivity index (χ0v) is 10.9. The largest absolute Gasteiger partial charge is 0.504 e. The number of phenolic OH excluding ortho intramolecular Hbond substituents is 1. The van der Waals surface area contributed by atoms with E-state index < -0.39 is 12.1 Å². The second-order valence-corrected chi connectivity index (χ2v) is 3.81. The van der Waals surface area contributed by atoms with E-state index in [1.807, 2.05) is 6.92 Å². The van der Waals surface area contributed by atoms with Crippen molar-refractivity contribution in [2.75, 3.05) is 7.11 Å². The molecule has 0 spiro atoms. The van der Waals surface area contributed by atoms with E-state index in [0.29, 0.717) is 17.7 Å². The molecule has 0 saturated heterocycles. The number of hydrogen-bond acceptors (Lipinski definition) is 4. The highest BCUT2D eigenvalue weighted by atomic mass is 35.5. The van der Waals surface area contributed by atoms with E-state index >= 15 is 0 Å². The van der Waals surface area contributed by atoms with Gasteiger partial charge >= 0.3 is 0 Å². The Labute approximate surface area is 108 Å². The molecule has 0 amide bonds. The molecule has 1 aromatic carbocycles. The Bertz CT molecular complexity index is 347. The minimum absolute atomic E-state index is 0. The molecule has 2 atom stereocenters. The number of rotatable bonds is 5. The van der Waals surface area contributed by atoms with Crippen LogP contribution in [0.15, 0.2) is 18.2 Å². The summed E-state index contributed by atoms with van der Waals surface area (Å²) in [7, 11) is 1.49. The summed E-state index contributed by atoms with van der Waals surface area (Å²) in [6, 6.07) is 4.45. The second-order valence-electron chi connectivity index (χ2n) is 3.81. The molecule has 98 valence electrons. The molecule has 0 saturated carbocycles. The van der Waals surface area contributed by atoms with Gasteiger partial charge in [-0.25, -0.2) is 0 Å². The van der Waals surface area contributed by atoms with Crippen molar-refractivity contribution in [2.24, 2.45) is 5.73 Å². The van der Waals surface area contributed by atoms with Crippen LogP contribution >= 0.6 is 12.4 Å². The first-order valence-corrected chi connectivity index (χ1v) is 5.40. The van der Waals surface area contributed by atoms with Gasteiger partial charge in [-0.1, -0.05) is 19.4 Å². The number of methoxy groups -OCH3 is 1. The number of benzene rings is 1. The highest BCUT2D eigenvalue weighted by Crippen LogP contribution is 2.29. The molecule has 4 N–H and O–H groups in total. The standard InChI is InChI=1S/C12H19NO3.ClH/c1-3-4-9(14)12(13)8-5-6-11(16-2)10(15)7-8;/h5-7,9,12,14-15H,3-4,13H2,1-2H3;1H/t9-,12+;/m0./s1. The molecular formula is C12H20ClNO3. The quantitative estimate of drug-likeness (QED) is 0.758. The first-order valence-electron chi connectivity index (χ1n) is 5.40. The maximum absolute atomic E-state index is 9.75. The van der Waals surface area contributed by atoms with Crippen LogP contribution in [0.4, 0.5) is 0 Å². The van der Waals surface area contributed by atoms with Gasteiger partial charge in [-0.3, -0.25) is 0 Å². The molecule has 0 unspecified atom stereocenters. The Kier molecular flexibility index (Phi) is 6.95. The average molecular weight is 262 g/mol. The molecule has 0 bridgehead atoms. The van der Waals surface area contributed by atoms with E-state index in [-0.39, 0.29) is 18.2 Å². The van der Waals surface area contributed by atoms with Crippen LogP contribution in [0.2, 0.25) is 0 Å². The van der Waals surface area contributed by atoms with Crippen molar-refractivity contribution in [2.45, 2.75) is 31.9 Å². The molecule has 0 aliphatic heterocycles. The summed E-state index contributed by atoms with van der Waals surface area (Å²) in [6.07, 6.45) is 0.933. The molecule has 0 radical (unpaired) electrons. The Balaban J connectivity index is 0.00000256. The molecule has 0 aliphatic rings. The molecule has 0 aliphatic carbocycles. The lowest BCUT2D eigenvalue weighted by atomic mass is 9.99. The Hall–Kier alpha value is -0.970. The smallest absolute Gasteiger partial charge is 0.160 e. The third-order valence-corrected chi connectivity index (χ3v) is 2.59. The summed E-state index contributed by atoms with van der Waals surface area (Å²) < 4.78 is 4.93. The number of nitrogens with two attached hydrogens (primary N) is 1. The molecule has 0 fully saturated rings.